The second-order valence-corrected chi connectivity index (χ2v) is 8.75. The van der Waals surface area contributed by atoms with Gasteiger partial charge in [0.1, 0.15) is 11.5 Å². The van der Waals surface area contributed by atoms with Crippen molar-refractivity contribution in [2.24, 2.45) is 0 Å². The van der Waals surface area contributed by atoms with Crippen LogP contribution in [0.2, 0.25) is 0 Å². The zero-order chi connectivity index (χ0) is 18.7. The number of rotatable bonds is 5. The van der Waals surface area contributed by atoms with Crippen LogP contribution < -0.4 is 9.04 Å². The van der Waals surface area contributed by atoms with E-state index in [4.69, 9.17) is 4.74 Å². The van der Waals surface area contributed by atoms with Crippen LogP contribution in [0.1, 0.15) is 31.2 Å². The van der Waals surface area contributed by atoms with E-state index < -0.39 is 22.2 Å². The number of sulfonamides is 1. The van der Waals surface area contributed by atoms with Crippen LogP contribution in [0.5, 0.6) is 11.5 Å². The fourth-order valence-corrected chi connectivity index (χ4v) is 4.64. The summed E-state index contributed by atoms with van der Waals surface area (Å²) in [6, 6.07) is 14.3. The van der Waals surface area contributed by atoms with Crippen LogP contribution in [0.15, 0.2) is 48.5 Å². The molecule has 0 aromatic heterocycles. The normalized spacial score (nSPS) is 20.6. The molecule has 1 saturated carbocycles. The van der Waals surface area contributed by atoms with Gasteiger partial charge in [0.05, 0.1) is 24.1 Å². The van der Waals surface area contributed by atoms with Crippen molar-refractivity contribution in [3.63, 3.8) is 0 Å². The first-order chi connectivity index (χ1) is 12.3. The van der Waals surface area contributed by atoms with Crippen molar-refractivity contribution in [1.29, 1.82) is 0 Å². The van der Waals surface area contributed by atoms with Crippen molar-refractivity contribution in [2.75, 3.05) is 10.6 Å². The van der Waals surface area contributed by atoms with Crippen LogP contribution >= 0.6 is 0 Å². The van der Waals surface area contributed by atoms with E-state index in [1.165, 1.54) is 10.6 Å². The zero-order valence-electron chi connectivity index (χ0n) is 15.1. The van der Waals surface area contributed by atoms with Gasteiger partial charge >= 0.3 is 0 Å². The van der Waals surface area contributed by atoms with Gasteiger partial charge < -0.3 is 9.84 Å². The first-order valence-electron chi connectivity index (χ1n) is 8.86. The molecule has 2 atom stereocenters. The van der Waals surface area contributed by atoms with Gasteiger partial charge in [0.15, 0.2) is 0 Å². The fourth-order valence-electron chi connectivity index (χ4n) is 3.40. The van der Waals surface area contributed by atoms with E-state index in [9.17, 15) is 13.5 Å². The van der Waals surface area contributed by atoms with Crippen molar-refractivity contribution >= 4 is 15.7 Å². The zero-order valence-corrected chi connectivity index (χ0v) is 15.9. The van der Waals surface area contributed by atoms with Gasteiger partial charge in [0, 0.05) is 0 Å². The minimum Gasteiger partial charge on any atom is -0.457 e. The number of benzene rings is 2. The Morgan fingerprint density at radius 1 is 0.962 bits per heavy atom. The van der Waals surface area contributed by atoms with Crippen LogP contribution in [-0.4, -0.2) is 31.9 Å². The van der Waals surface area contributed by atoms with Crippen LogP contribution in [-0.2, 0) is 10.0 Å². The predicted octanol–water partition coefficient (Wildman–Crippen LogP) is 3.86. The highest BCUT2D eigenvalue weighted by atomic mass is 32.2. The molecule has 6 heteroatoms. The van der Waals surface area contributed by atoms with E-state index in [0.717, 1.165) is 24.2 Å². The molecule has 2 aromatic carbocycles. The largest absolute Gasteiger partial charge is 0.457 e. The summed E-state index contributed by atoms with van der Waals surface area (Å²) >= 11 is 0. The maximum atomic E-state index is 12.4. The van der Waals surface area contributed by atoms with Gasteiger partial charge in [-0.15, -0.1) is 0 Å². The Morgan fingerprint density at radius 2 is 1.50 bits per heavy atom. The summed E-state index contributed by atoms with van der Waals surface area (Å²) in [6.07, 6.45) is 3.69. The van der Waals surface area contributed by atoms with Gasteiger partial charge in [0.2, 0.25) is 10.0 Å². The van der Waals surface area contributed by atoms with Crippen LogP contribution in [0, 0.1) is 6.92 Å². The van der Waals surface area contributed by atoms with Crippen molar-refractivity contribution in [2.45, 2.75) is 44.8 Å². The number of aryl methyl sites for hydroxylation is 1. The lowest BCUT2D eigenvalue weighted by Crippen LogP contribution is -2.48. The standard InChI is InChI=1S/C20H25NO4S/c1-15-7-11-17(12-8-15)25-18-13-9-16(10-14-18)21(26(2,23)24)19-5-3-4-6-20(19)22/h7-14,19-20,22H,3-6H2,1-2H3/t19-,20-/m1/s1. The fraction of sp³-hybridized carbons (Fsp3) is 0.400. The molecule has 1 aliphatic carbocycles. The molecule has 0 radical (unpaired) electrons. The van der Waals surface area contributed by atoms with Gasteiger partial charge in [-0.25, -0.2) is 8.42 Å². The molecule has 3 rings (SSSR count). The minimum absolute atomic E-state index is 0.414. The molecule has 0 unspecified atom stereocenters. The lowest BCUT2D eigenvalue weighted by atomic mass is 9.92. The third-order valence-electron chi connectivity index (χ3n) is 4.70. The highest BCUT2D eigenvalue weighted by Gasteiger charge is 2.34. The summed E-state index contributed by atoms with van der Waals surface area (Å²) in [5, 5.41) is 10.3. The summed E-state index contributed by atoms with van der Waals surface area (Å²) in [5.74, 6) is 1.36. The first kappa shape index (κ1) is 18.7. The molecule has 2 aromatic rings. The van der Waals surface area contributed by atoms with Gasteiger partial charge in [-0.1, -0.05) is 30.5 Å². The quantitative estimate of drug-likeness (QED) is 0.862. The average Bonchev–Trinajstić information content (AvgIpc) is 2.59. The molecule has 26 heavy (non-hydrogen) atoms. The number of hydrogen-bond donors (Lipinski definition) is 1. The summed E-state index contributed by atoms with van der Waals surface area (Å²) < 4.78 is 31.9. The van der Waals surface area contributed by atoms with Crippen molar-refractivity contribution in [3.8, 4) is 11.5 Å². The highest BCUT2D eigenvalue weighted by Crippen LogP contribution is 2.32. The van der Waals surface area contributed by atoms with E-state index in [-0.39, 0.29) is 0 Å². The van der Waals surface area contributed by atoms with E-state index >= 15 is 0 Å². The number of aliphatic hydroxyl groups is 1. The highest BCUT2D eigenvalue weighted by molar-refractivity contribution is 7.92. The van der Waals surface area contributed by atoms with Crippen molar-refractivity contribution in [1.82, 2.24) is 0 Å². The van der Waals surface area contributed by atoms with E-state index in [2.05, 4.69) is 0 Å². The van der Waals surface area contributed by atoms with Crippen LogP contribution in [0.3, 0.4) is 0 Å². The molecule has 0 heterocycles. The molecular formula is C20H25NO4S. The topological polar surface area (TPSA) is 66.8 Å². The number of ether oxygens (including phenoxy) is 1. The third-order valence-corrected chi connectivity index (χ3v) is 5.90. The van der Waals surface area contributed by atoms with Crippen LogP contribution in [0.25, 0.3) is 0 Å². The van der Waals surface area contributed by atoms with Gasteiger partial charge in [-0.2, -0.15) is 0 Å². The average molecular weight is 375 g/mol. The molecule has 1 N–H and O–H groups in total. The summed E-state index contributed by atoms with van der Waals surface area (Å²) in [4.78, 5) is 0. The lowest BCUT2D eigenvalue weighted by Gasteiger charge is -2.37. The smallest absolute Gasteiger partial charge is 0.232 e. The Labute approximate surface area is 155 Å². The Bertz CT molecular complexity index is 831. The van der Waals surface area contributed by atoms with Gasteiger partial charge in [0.25, 0.3) is 0 Å². The molecule has 0 aliphatic heterocycles. The number of aliphatic hydroxyl groups excluding tert-OH is 1. The second kappa shape index (κ2) is 7.68. The lowest BCUT2D eigenvalue weighted by molar-refractivity contribution is 0.110. The SMILES string of the molecule is Cc1ccc(Oc2ccc(N([C@@H]3CCCC[C@H]3O)S(C)(=O)=O)cc2)cc1. The van der Waals surface area contributed by atoms with Crippen molar-refractivity contribution < 1.29 is 18.3 Å². The Morgan fingerprint density at radius 3 is 2.04 bits per heavy atom. The van der Waals surface area contributed by atoms with E-state index in [1.807, 2.05) is 31.2 Å². The molecule has 140 valence electrons. The third kappa shape index (κ3) is 4.37. The summed E-state index contributed by atoms with van der Waals surface area (Å²) in [6.45, 7) is 2.01. The number of hydrogen-bond acceptors (Lipinski definition) is 4. The summed E-state index contributed by atoms with van der Waals surface area (Å²) in [7, 11) is -3.49. The second-order valence-electron chi connectivity index (χ2n) is 6.89. The maximum absolute atomic E-state index is 12.4. The maximum Gasteiger partial charge on any atom is 0.232 e. The molecule has 1 fully saturated rings. The Kier molecular flexibility index (Phi) is 5.53. The number of anilines is 1. The van der Waals surface area contributed by atoms with Gasteiger partial charge in [-0.3, -0.25) is 4.31 Å². The Balaban J connectivity index is 1.83. The molecule has 1 aliphatic rings. The first-order valence-corrected chi connectivity index (χ1v) is 10.7. The Hall–Kier alpha value is -2.05. The van der Waals surface area contributed by atoms with E-state index in [1.54, 1.807) is 24.3 Å². The molecule has 0 bridgehead atoms. The molecule has 0 amide bonds. The van der Waals surface area contributed by atoms with Gasteiger partial charge in [-0.05, 0) is 56.2 Å². The molecule has 0 saturated heterocycles. The summed E-state index contributed by atoms with van der Waals surface area (Å²) in [5.41, 5.74) is 1.71. The van der Waals surface area contributed by atoms with E-state index in [0.29, 0.717) is 24.3 Å². The molecule has 5 nitrogen and oxygen atoms in total. The monoisotopic (exact) mass is 375 g/mol. The predicted molar refractivity (Wildman–Crippen MR) is 103 cm³/mol. The molecule has 0 spiro atoms. The number of nitrogens with zero attached hydrogens (tertiary/aromatic N) is 1. The van der Waals surface area contributed by atoms with Crippen molar-refractivity contribution in [3.05, 3.63) is 54.1 Å². The molecular weight excluding hydrogens is 350 g/mol. The van der Waals surface area contributed by atoms with Crippen LogP contribution in [0.4, 0.5) is 5.69 Å². The minimum atomic E-state index is -3.49.